The third kappa shape index (κ3) is 5.84. The number of hydrogen-bond donors (Lipinski definition) is 2. The number of halogens is 2. The summed E-state index contributed by atoms with van der Waals surface area (Å²) in [6.07, 6.45) is 0. The van der Waals surface area contributed by atoms with Crippen molar-refractivity contribution in [3.05, 3.63) is 58.9 Å². The lowest BCUT2D eigenvalue weighted by atomic mass is 10.1. The minimum absolute atomic E-state index is 0.00345. The second-order valence-electron chi connectivity index (χ2n) is 7.22. The maximum absolute atomic E-state index is 13.1. The molecule has 3 N–H and O–H groups in total. The first-order valence-corrected chi connectivity index (χ1v) is 9.94. The number of nitrogens with two attached hydrogens (primary N) is 1. The molecular weight excluding hydrogens is 410 g/mol. The number of nitrogens with one attached hydrogen (secondary N) is 1. The van der Waals surface area contributed by atoms with E-state index in [0.717, 1.165) is 5.56 Å². The molecule has 1 aliphatic rings. The molecule has 1 heterocycles. The van der Waals surface area contributed by atoms with Crippen molar-refractivity contribution in [2.75, 3.05) is 31.6 Å². The summed E-state index contributed by atoms with van der Waals surface area (Å²) < 4.78 is 18.7. The van der Waals surface area contributed by atoms with E-state index in [1.807, 2.05) is 6.92 Å². The van der Waals surface area contributed by atoms with Crippen molar-refractivity contribution in [3.8, 4) is 5.75 Å². The lowest BCUT2D eigenvalue weighted by Gasteiger charge is -2.39. The number of benzene rings is 2. The van der Waals surface area contributed by atoms with Crippen LogP contribution in [0.15, 0.2) is 42.5 Å². The number of primary amides is 1. The summed E-state index contributed by atoms with van der Waals surface area (Å²) in [5.41, 5.74) is 6.50. The van der Waals surface area contributed by atoms with Crippen LogP contribution in [0.2, 0.25) is 5.02 Å². The number of amides is 3. The smallest absolute Gasteiger partial charge is 0.316 e. The molecule has 2 aromatic carbocycles. The highest BCUT2D eigenvalue weighted by Crippen LogP contribution is 2.28. The Kier molecular flexibility index (Phi) is 7.12. The van der Waals surface area contributed by atoms with Crippen LogP contribution >= 0.6 is 11.6 Å². The predicted octanol–water partition coefficient (Wildman–Crippen LogP) is 3.08. The van der Waals surface area contributed by atoms with Gasteiger partial charge in [-0.05, 0) is 42.8 Å². The molecule has 0 aliphatic carbocycles. The lowest BCUT2D eigenvalue weighted by molar-refractivity contribution is -0.137. The van der Waals surface area contributed by atoms with Gasteiger partial charge in [-0.1, -0.05) is 23.7 Å². The van der Waals surface area contributed by atoms with Crippen LogP contribution < -0.4 is 15.8 Å². The van der Waals surface area contributed by atoms with Gasteiger partial charge in [0.25, 0.3) is 5.91 Å². The van der Waals surface area contributed by atoms with E-state index in [-0.39, 0.29) is 24.4 Å². The van der Waals surface area contributed by atoms with Gasteiger partial charge < -0.3 is 20.7 Å². The normalized spacial score (nSPS) is 16.9. The zero-order valence-electron chi connectivity index (χ0n) is 16.6. The van der Waals surface area contributed by atoms with Gasteiger partial charge >= 0.3 is 6.03 Å². The number of rotatable bonds is 6. The molecule has 30 heavy (non-hydrogen) atoms. The number of ether oxygens (including phenoxy) is 1. The van der Waals surface area contributed by atoms with Crippen LogP contribution in [0.25, 0.3) is 0 Å². The maximum Gasteiger partial charge on any atom is 0.316 e. The molecule has 3 amide bonds. The Morgan fingerprint density at radius 2 is 1.97 bits per heavy atom. The monoisotopic (exact) mass is 433 g/mol. The Labute approximate surface area is 179 Å². The Morgan fingerprint density at radius 1 is 1.23 bits per heavy atom. The summed E-state index contributed by atoms with van der Waals surface area (Å²) in [5, 5.41) is 2.84. The molecule has 0 spiro atoms. The highest BCUT2D eigenvalue weighted by molar-refractivity contribution is 6.31. The van der Waals surface area contributed by atoms with Crippen LogP contribution in [0.1, 0.15) is 12.5 Å². The molecule has 1 atom stereocenters. The van der Waals surface area contributed by atoms with Crippen LogP contribution in [0.4, 0.5) is 14.9 Å². The minimum Gasteiger partial charge on any atom is -0.482 e. The summed E-state index contributed by atoms with van der Waals surface area (Å²) in [4.78, 5) is 27.8. The second kappa shape index (κ2) is 9.77. The van der Waals surface area contributed by atoms with Crippen molar-refractivity contribution in [1.29, 1.82) is 0 Å². The predicted molar refractivity (Wildman–Crippen MR) is 113 cm³/mol. The molecule has 1 aliphatic heterocycles. The van der Waals surface area contributed by atoms with Gasteiger partial charge in [0, 0.05) is 37.2 Å². The van der Waals surface area contributed by atoms with Gasteiger partial charge in [-0.2, -0.15) is 0 Å². The third-order valence-electron chi connectivity index (χ3n) is 4.90. The first kappa shape index (κ1) is 21.9. The molecule has 0 aromatic heterocycles. The summed E-state index contributed by atoms with van der Waals surface area (Å²) in [6.45, 7) is 4.50. The molecule has 1 saturated heterocycles. The van der Waals surface area contributed by atoms with Gasteiger partial charge in [-0.15, -0.1) is 0 Å². The Bertz CT molecular complexity index is 910. The topological polar surface area (TPSA) is 87.9 Å². The van der Waals surface area contributed by atoms with E-state index >= 15 is 0 Å². The standard InChI is InChI=1S/C21H24ClFN4O3/c1-14-11-26(12-15-2-5-17(23)6-3-15)8-9-27(14)20(28)13-30-19-7-4-16(22)10-18(19)25-21(24)29/h2-7,10,14H,8-9,11-13H2,1H3,(H3,24,25,29)/t14-/m1/s1/i23-1. The molecule has 0 radical (unpaired) electrons. The fourth-order valence-corrected chi connectivity index (χ4v) is 3.65. The summed E-state index contributed by atoms with van der Waals surface area (Å²) in [5.74, 6) is -0.0875. The zero-order valence-corrected chi connectivity index (χ0v) is 17.4. The number of carbonyl (C=O) groups excluding carboxylic acids is 2. The van der Waals surface area contributed by atoms with Crippen LogP contribution in [0.5, 0.6) is 5.75 Å². The zero-order chi connectivity index (χ0) is 21.7. The number of urea groups is 1. The largest absolute Gasteiger partial charge is 0.482 e. The van der Waals surface area contributed by atoms with E-state index in [1.165, 1.54) is 18.2 Å². The van der Waals surface area contributed by atoms with Gasteiger partial charge in [0.05, 0.1) is 5.69 Å². The van der Waals surface area contributed by atoms with Crippen molar-refractivity contribution >= 4 is 29.2 Å². The molecule has 0 unspecified atom stereocenters. The van der Waals surface area contributed by atoms with Gasteiger partial charge in [0.2, 0.25) is 0 Å². The number of hydrogen-bond acceptors (Lipinski definition) is 4. The number of anilines is 1. The fraction of sp³-hybridized carbons (Fsp3) is 0.333. The van der Waals surface area contributed by atoms with Gasteiger partial charge in [-0.25, -0.2) is 9.18 Å². The third-order valence-corrected chi connectivity index (χ3v) is 5.14. The Morgan fingerprint density at radius 3 is 2.63 bits per heavy atom. The molecule has 7 nitrogen and oxygen atoms in total. The Hall–Kier alpha value is -2.84. The number of carbonyl (C=O) groups is 2. The van der Waals surface area contributed by atoms with Crippen LogP contribution in [-0.2, 0) is 11.3 Å². The van der Waals surface area contributed by atoms with E-state index in [2.05, 4.69) is 10.2 Å². The average molecular weight is 434 g/mol. The lowest BCUT2D eigenvalue weighted by Crippen LogP contribution is -2.54. The first-order chi connectivity index (χ1) is 14.3. The first-order valence-electron chi connectivity index (χ1n) is 9.57. The highest BCUT2D eigenvalue weighted by Gasteiger charge is 2.27. The Balaban J connectivity index is 1.54. The summed E-state index contributed by atoms with van der Waals surface area (Å²) in [6, 6.07) is 10.4. The van der Waals surface area contributed by atoms with Gasteiger partial charge in [0.15, 0.2) is 6.61 Å². The van der Waals surface area contributed by atoms with Crippen molar-refractivity contribution in [2.45, 2.75) is 19.5 Å². The van der Waals surface area contributed by atoms with E-state index < -0.39 is 6.03 Å². The second-order valence-corrected chi connectivity index (χ2v) is 7.65. The van der Waals surface area contributed by atoms with E-state index in [0.29, 0.717) is 42.6 Å². The number of nitrogens with zero attached hydrogens (tertiary/aromatic N) is 2. The maximum atomic E-state index is 13.1. The molecule has 2 aromatic rings. The molecule has 0 bridgehead atoms. The minimum atomic E-state index is -0.751. The van der Waals surface area contributed by atoms with E-state index in [1.54, 1.807) is 29.2 Å². The van der Waals surface area contributed by atoms with Gasteiger partial charge in [0.1, 0.15) is 11.6 Å². The molecule has 3 rings (SSSR count). The molecule has 9 heteroatoms. The molecular formula is C21H24ClFN4O3. The molecule has 1 fully saturated rings. The van der Waals surface area contributed by atoms with E-state index in [9.17, 15) is 14.0 Å². The van der Waals surface area contributed by atoms with Crippen LogP contribution in [0, 0.1) is 5.82 Å². The number of piperazine rings is 1. The molecule has 0 saturated carbocycles. The highest BCUT2D eigenvalue weighted by atomic mass is 35.5. The summed E-state index contributed by atoms with van der Waals surface area (Å²) >= 11 is 5.94. The average Bonchev–Trinajstić information content (AvgIpc) is 2.68. The quantitative estimate of drug-likeness (QED) is 0.732. The van der Waals surface area contributed by atoms with Crippen LogP contribution in [0.3, 0.4) is 0 Å². The van der Waals surface area contributed by atoms with Crippen molar-refractivity contribution < 1.29 is 18.7 Å². The van der Waals surface area contributed by atoms with Gasteiger partial charge in [-0.3, -0.25) is 9.69 Å². The van der Waals surface area contributed by atoms with Crippen LogP contribution in [-0.4, -0.2) is 54.0 Å². The van der Waals surface area contributed by atoms with Crippen molar-refractivity contribution in [1.82, 2.24) is 9.80 Å². The van der Waals surface area contributed by atoms with E-state index in [4.69, 9.17) is 22.1 Å². The molecule has 160 valence electrons. The van der Waals surface area contributed by atoms with Crippen molar-refractivity contribution in [2.24, 2.45) is 5.73 Å². The fourth-order valence-electron chi connectivity index (χ4n) is 3.48. The SMILES string of the molecule is C[C@@H]1CN(Cc2ccc([18F])cc2)CCN1C(=O)COc1ccc(Cl)cc1NC(N)=O. The van der Waals surface area contributed by atoms with Crippen molar-refractivity contribution in [3.63, 3.8) is 0 Å². The summed E-state index contributed by atoms with van der Waals surface area (Å²) in [7, 11) is 0.